The van der Waals surface area contributed by atoms with E-state index in [-0.39, 0.29) is 11.8 Å². The molecular weight excluding hydrogens is 1190 g/mol. The Morgan fingerprint density at radius 3 is 0.520 bits per heavy atom. The molecule has 4 bridgehead atoms. The average Bonchev–Trinajstić information content (AvgIpc) is 0.677. The van der Waals surface area contributed by atoms with Crippen LogP contribution in [0.3, 0.4) is 0 Å². The molecule has 0 radical (unpaired) electrons. The van der Waals surface area contributed by atoms with Crippen LogP contribution in [0.4, 0.5) is 0 Å². The van der Waals surface area contributed by atoms with Gasteiger partial charge >= 0.3 is 25.1 Å². The van der Waals surface area contributed by atoms with E-state index in [1.807, 2.05) is 69.9 Å². The van der Waals surface area contributed by atoms with E-state index < -0.39 is 37.0 Å². The smallest absolute Gasteiger partial charge is 0.346 e. The number of hydrogen-bond acceptors (Lipinski definition) is 6. The molecule has 98 heavy (non-hydrogen) atoms. The summed E-state index contributed by atoms with van der Waals surface area (Å²) in [6.45, 7) is 0. The summed E-state index contributed by atoms with van der Waals surface area (Å²) < 4.78 is 0. The van der Waals surface area contributed by atoms with Gasteiger partial charge in [-0.25, -0.2) is 46.6 Å². The van der Waals surface area contributed by atoms with E-state index in [2.05, 4.69) is 326 Å². The molecule has 474 valence electrons. The van der Waals surface area contributed by atoms with Crippen LogP contribution >= 0.6 is 0 Å². The number of hydrogen-bond donors (Lipinski definition) is 10. The molecule has 0 saturated carbocycles. The Bertz CT molecular complexity index is 4320. The lowest BCUT2D eigenvalue weighted by Gasteiger charge is -2.51. The lowest BCUT2D eigenvalue weighted by Crippen LogP contribution is -3.11. The van der Waals surface area contributed by atoms with Crippen LogP contribution in [0, 0.1) is 47.0 Å². The lowest BCUT2D eigenvalue weighted by atomic mass is 9.28. The first-order valence-electron chi connectivity index (χ1n) is 33.7. The molecule has 0 aromatic heterocycles. The maximum atomic E-state index is 7.03. The summed E-state index contributed by atoms with van der Waals surface area (Å²) in [7, 11) is 0. The van der Waals surface area contributed by atoms with Gasteiger partial charge < -0.3 is 21.3 Å². The van der Waals surface area contributed by atoms with Gasteiger partial charge in [-0.2, -0.15) is 0 Å². The van der Waals surface area contributed by atoms with Crippen LogP contribution in [0.5, 0.6) is 0 Å². The Kier molecular flexibility index (Phi) is 18.2. The number of rotatable bonds is 12. The van der Waals surface area contributed by atoms with Crippen molar-refractivity contribution in [3.05, 3.63) is 382 Å². The van der Waals surface area contributed by atoms with E-state index in [9.17, 15) is 0 Å². The predicted molar refractivity (Wildman–Crippen MR) is 405 cm³/mol. The lowest BCUT2D eigenvalue weighted by molar-refractivity contribution is -0.536. The van der Waals surface area contributed by atoms with E-state index in [0.717, 1.165) is 88.2 Å². The van der Waals surface area contributed by atoms with Crippen molar-refractivity contribution in [2.24, 2.45) is 35.1 Å². The molecule has 18 rings (SSSR count). The van der Waals surface area contributed by atoms with E-state index >= 15 is 0 Å². The zero-order chi connectivity index (χ0) is 67.1. The average molecular weight is 1270 g/mol. The summed E-state index contributed by atoms with van der Waals surface area (Å²) in [4.78, 5) is 0. The quantitative estimate of drug-likeness (QED) is 0.0380. The maximum absolute atomic E-state index is 7.03. The minimum atomic E-state index is -1.94. The van der Waals surface area contributed by atoms with E-state index in [0.29, 0.717) is 0 Å². The number of quaternary nitrogens is 4. The first-order valence-corrected chi connectivity index (χ1v) is 33.7. The Morgan fingerprint density at radius 1 is 0.204 bits per heavy atom. The first-order chi connectivity index (χ1) is 48.4. The highest BCUT2D eigenvalue weighted by molar-refractivity contribution is 7.03. The fraction of sp³-hybridized carbons (Fsp3) is 0.0476. The van der Waals surface area contributed by atoms with Crippen LogP contribution < -0.4 is 100 Å². The zero-order valence-corrected chi connectivity index (χ0v) is 54.4. The Morgan fingerprint density at radius 2 is 0.367 bits per heavy atom. The molecule has 0 unspecified atom stereocenters. The molecule has 0 spiro atoms. The molecule has 20 N–H and O–H groups in total. The van der Waals surface area contributed by atoms with Gasteiger partial charge in [0.1, 0.15) is 0 Å². The topological polar surface area (TPSA) is 223 Å². The van der Waals surface area contributed by atoms with Gasteiger partial charge in [0, 0.05) is 45.9 Å². The molecule has 0 saturated heterocycles. The Labute approximate surface area is 574 Å². The van der Waals surface area contributed by atoms with Gasteiger partial charge in [0.25, 0.3) is 0 Å². The summed E-state index contributed by atoms with van der Waals surface area (Å²) in [6.07, 6.45) is -7.76. The van der Waals surface area contributed by atoms with Crippen molar-refractivity contribution < 1.29 is 21.3 Å². The molecule has 0 fully saturated rings. The largest absolute Gasteiger partial charge is 0.438 e. The van der Waals surface area contributed by atoms with E-state index in [1.54, 1.807) is 0 Å². The van der Waals surface area contributed by atoms with Crippen molar-refractivity contribution in [2.45, 2.75) is 23.7 Å². The van der Waals surface area contributed by atoms with Crippen molar-refractivity contribution in [3.8, 4) is 47.0 Å². The third-order valence-electron chi connectivity index (χ3n) is 21.3. The third kappa shape index (κ3) is 11.0. The third-order valence-corrected chi connectivity index (χ3v) is 21.3. The minimum absolute atomic E-state index is 0.247. The van der Waals surface area contributed by atoms with Crippen LogP contribution in [0.1, 0.15) is 90.4 Å². The highest BCUT2D eigenvalue weighted by Crippen LogP contribution is 2.65. The summed E-state index contributed by atoms with van der Waals surface area (Å²) in [5.74, 6) is 66.7. The Balaban J connectivity index is 0.00000407. The van der Waals surface area contributed by atoms with E-state index in [4.69, 9.17) is 23.4 Å². The normalized spacial score (nSPS) is 15.3. The molecule has 14 heteroatoms. The molecule has 0 atom stereocenters. The van der Waals surface area contributed by atoms with Crippen molar-refractivity contribution in [2.75, 3.05) is 0 Å². The van der Waals surface area contributed by atoms with Gasteiger partial charge in [-0.1, -0.05) is 291 Å². The number of nitrogens with two attached hydrogens (primary N) is 10. The molecule has 0 amide bonds. The fourth-order valence-corrected chi connectivity index (χ4v) is 16.6. The van der Waals surface area contributed by atoms with Crippen LogP contribution in [0.2, 0.25) is 0 Å². The molecule has 0 heterocycles. The summed E-state index contributed by atoms with van der Waals surface area (Å²) in [6, 6.07) is 111. The van der Waals surface area contributed by atoms with Crippen LogP contribution in [-0.4, -0.2) is 25.1 Å². The zero-order valence-electron chi connectivity index (χ0n) is 54.4. The Hall–Kier alpha value is -11.3. The van der Waals surface area contributed by atoms with Crippen LogP contribution in [0.25, 0.3) is 0 Å². The van der Waals surface area contributed by atoms with Crippen molar-refractivity contribution in [1.29, 1.82) is 0 Å². The van der Waals surface area contributed by atoms with Gasteiger partial charge in [0.15, 0.2) is 0 Å². The fourth-order valence-electron chi connectivity index (χ4n) is 16.6. The second kappa shape index (κ2) is 27.8. The second-order valence-electron chi connectivity index (χ2n) is 26.0. The van der Waals surface area contributed by atoms with Crippen molar-refractivity contribution in [3.63, 3.8) is 0 Å². The standard InChI is InChI=1S/C84H72B4N8.H4N2/c89-93-85(65-33-9-1-10-34-65,66-35-11-2-12-36-66)57-53-61-29-25-49-73-77(61)83-78-62(54-58-86(94-90,67-37-13-3-14-38-67)68-39-15-4-16-40-68)30-26-50-74(78)81(73)82-75-51-27-31-63(55-59-87(95-91,69-41-17-5-18-42-69)70-43-19-6-20-44-70)79(75)84(83)80-64(32-28-52-76(80)82)56-60-88(96-92,71-45-21-7-22-46-71)72-47-23-8-24-48-72;1-2/h1-52,81-84H,89-96H2;1-2H2. The summed E-state index contributed by atoms with van der Waals surface area (Å²) in [5.41, 5.74) is 21.4. The predicted octanol–water partition coefficient (Wildman–Crippen LogP) is 1.72. The monoisotopic (exact) mass is 1270 g/mol. The van der Waals surface area contributed by atoms with Gasteiger partial charge in [0.05, 0.1) is 0 Å². The highest BCUT2D eigenvalue weighted by atomic mass is 15.2. The van der Waals surface area contributed by atoms with Crippen LogP contribution in [-0.2, 0) is 0 Å². The minimum Gasteiger partial charge on any atom is -0.438 e. The van der Waals surface area contributed by atoms with Crippen molar-refractivity contribution in [1.82, 2.24) is 0 Å². The van der Waals surface area contributed by atoms with Gasteiger partial charge in [-0.15, -0.1) is 67.4 Å². The molecular formula is C84H76B4N10. The summed E-state index contributed by atoms with van der Waals surface area (Å²) in [5, 5.41) is 7.29. The highest BCUT2D eigenvalue weighted by Gasteiger charge is 2.53. The SMILES string of the molecule is NN.N[NH2+][B-](C#Cc1cccc2c1C1c3c(C#C[B-]([NH2+]N)(c4ccccc4)c4ccccc4)cccc3C2C2c3cccc(C#C[B-]([NH2+]N)(c4ccccc4)c4ccccc4)c3C1c1c(C#C[B-]([NH2+]N)(c3ccccc3)c3ccccc3)cccc12)(c1ccccc1)c1ccccc1. The maximum Gasteiger partial charge on any atom is 0.346 e. The molecule has 10 nitrogen and oxygen atoms in total. The van der Waals surface area contributed by atoms with Gasteiger partial charge in [-0.3, -0.25) is 11.7 Å². The van der Waals surface area contributed by atoms with Crippen LogP contribution in [0.15, 0.2) is 315 Å². The number of benzene rings is 12. The molecule has 12 aromatic rings. The van der Waals surface area contributed by atoms with E-state index in [1.165, 1.54) is 22.3 Å². The molecule has 0 aliphatic heterocycles. The summed E-state index contributed by atoms with van der Waals surface area (Å²) >= 11 is 0. The van der Waals surface area contributed by atoms with Crippen molar-refractivity contribution >= 4 is 68.8 Å². The second-order valence-corrected chi connectivity index (χ2v) is 26.0. The van der Waals surface area contributed by atoms with Gasteiger partial charge in [0.2, 0.25) is 0 Å². The molecule has 12 aromatic carbocycles. The number of hydrazine groups is 1. The molecule has 6 aliphatic carbocycles. The van der Waals surface area contributed by atoms with Gasteiger partial charge in [-0.05, 0) is 68.8 Å². The first kappa shape index (κ1) is 64.1. The molecule has 6 aliphatic rings.